The summed E-state index contributed by atoms with van der Waals surface area (Å²) in [4.78, 5) is 16.9. The number of carbonyl (C=O) groups excluding carboxylic acids is 1. The molecular formula is C22H17F3N4O. The van der Waals surface area contributed by atoms with Crippen LogP contribution >= 0.6 is 0 Å². The summed E-state index contributed by atoms with van der Waals surface area (Å²) in [5.41, 5.74) is 3.14. The SMILES string of the molecule is Cc1cccn2cc(-c3cccc(NC(=O)Nc4cccc(C(F)(F)F)c4)c3)nc12. The number of hydrogen-bond donors (Lipinski definition) is 2. The van der Waals surface area contributed by atoms with Gasteiger partial charge in [0.25, 0.3) is 0 Å². The number of aryl methyl sites for hydroxylation is 1. The van der Waals surface area contributed by atoms with Crippen molar-refractivity contribution >= 4 is 23.1 Å². The summed E-state index contributed by atoms with van der Waals surface area (Å²) in [7, 11) is 0. The van der Waals surface area contributed by atoms with Gasteiger partial charge in [-0.1, -0.05) is 24.3 Å². The summed E-state index contributed by atoms with van der Waals surface area (Å²) in [5, 5.41) is 5.06. The number of anilines is 2. The number of halogens is 3. The maximum absolute atomic E-state index is 12.8. The van der Waals surface area contributed by atoms with Crippen molar-refractivity contribution in [2.24, 2.45) is 0 Å². The molecule has 0 spiro atoms. The second-order valence-electron chi connectivity index (χ2n) is 6.79. The molecule has 0 unspecified atom stereocenters. The van der Waals surface area contributed by atoms with Gasteiger partial charge in [0.15, 0.2) is 0 Å². The maximum Gasteiger partial charge on any atom is 0.416 e. The van der Waals surface area contributed by atoms with Crippen molar-refractivity contribution in [3.8, 4) is 11.3 Å². The van der Waals surface area contributed by atoms with Crippen LogP contribution < -0.4 is 10.6 Å². The van der Waals surface area contributed by atoms with Crippen molar-refractivity contribution in [3.63, 3.8) is 0 Å². The van der Waals surface area contributed by atoms with Crippen LogP contribution in [0.5, 0.6) is 0 Å². The number of rotatable bonds is 3. The van der Waals surface area contributed by atoms with E-state index in [2.05, 4.69) is 15.6 Å². The average molecular weight is 410 g/mol. The second-order valence-corrected chi connectivity index (χ2v) is 6.79. The molecule has 4 aromatic rings. The predicted octanol–water partition coefficient (Wildman–Crippen LogP) is 5.97. The van der Waals surface area contributed by atoms with Crippen LogP contribution in [-0.4, -0.2) is 15.4 Å². The third kappa shape index (κ3) is 4.12. The molecule has 0 saturated carbocycles. The lowest BCUT2D eigenvalue weighted by molar-refractivity contribution is -0.137. The summed E-state index contributed by atoms with van der Waals surface area (Å²) < 4.78 is 40.4. The van der Waals surface area contributed by atoms with Gasteiger partial charge >= 0.3 is 12.2 Å². The number of aromatic nitrogens is 2. The fraction of sp³-hybridized carbons (Fsp3) is 0.0909. The first-order valence-corrected chi connectivity index (χ1v) is 9.10. The normalized spacial score (nSPS) is 11.5. The first-order chi connectivity index (χ1) is 14.3. The Hall–Kier alpha value is -3.81. The van der Waals surface area contributed by atoms with E-state index in [1.807, 2.05) is 41.9 Å². The Morgan fingerprint density at radius 1 is 0.967 bits per heavy atom. The van der Waals surface area contributed by atoms with Crippen molar-refractivity contribution in [1.29, 1.82) is 0 Å². The van der Waals surface area contributed by atoms with Crippen molar-refractivity contribution in [2.45, 2.75) is 13.1 Å². The third-order valence-electron chi connectivity index (χ3n) is 4.54. The van der Waals surface area contributed by atoms with Gasteiger partial charge in [0.2, 0.25) is 0 Å². The molecule has 2 heterocycles. The Labute approximate surface area is 170 Å². The van der Waals surface area contributed by atoms with Crippen molar-refractivity contribution in [1.82, 2.24) is 9.38 Å². The zero-order valence-corrected chi connectivity index (χ0v) is 15.9. The molecule has 0 bridgehead atoms. The molecule has 8 heteroatoms. The number of nitrogens with one attached hydrogen (secondary N) is 2. The van der Waals surface area contributed by atoms with Crippen molar-refractivity contribution < 1.29 is 18.0 Å². The number of pyridine rings is 1. The van der Waals surface area contributed by atoms with Crippen molar-refractivity contribution in [3.05, 3.63) is 84.2 Å². The molecule has 0 fully saturated rings. The van der Waals surface area contributed by atoms with Gasteiger partial charge in [-0.2, -0.15) is 13.2 Å². The van der Waals surface area contributed by atoms with Gasteiger partial charge in [-0.05, 0) is 48.9 Å². The number of imidazole rings is 1. The van der Waals surface area contributed by atoms with Crippen LogP contribution in [0.4, 0.5) is 29.3 Å². The van der Waals surface area contributed by atoms with Crippen LogP contribution in [0.1, 0.15) is 11.1 Å². The Bertz CT molecular complexity index is 1230. The average Bonchev–Trinajstić information content (AvgIpc) is 3.13. The lowest BCUT2D eigenvalue weighted by Gasteiger charge is -2.11. The van der Waals surface area contributed by atoms with Crippen LogP contribution in [0.15, 0.2) is 73.1 Å². The molecule has 152 valence electrons. The number of nitrogens with zero attached hydrogens (tertiary/aromatic N) is 2. The number of hydrogen-bond acceptors (Lipinski definition) is 2. The maximum atomic E-state index is 12.8. The van der Waals surface area contributed by atoms with E-state index < -0.39 is 17.8 Å². The smallest absolute Gasteiger partial charge is 0.308 e. The highest BCUT2D eigenvalue weighted by Crippen LogP contribution is 2.30. The molecule has 5 nitrogen and oxygen atoms in total. The van der Waals surface area contributed by atoms with Gasteiger partial charge in [-0.15, -0.1) is 0 Å². The number of fused-ring (bicyclic) bond motifs is 1. The zero-order chi connectivity index (χ0) is 21.3. The minimum Gasteiger partial charge on any atom is -0.308 e. The Kier molecular flexibility index (Phi) is 4.91. The number of urea groups is 1. The van der Waals surface area contributed by atoms with Crippen LogP contribution in [0.3, 0.4) is 0 Å². The molecule has 4 rings (SSSR count). The van der Waals surface area contributed by atoms with Crippen LogP contribution in [0.25, 0.3) is 16.9 Å². The molecule has 2 N–H and O–H groups in total. The monoisotopic (exact) mass is 410 g/mol. The molecule has 0 atom stereocenters. The first kappa shape index (κ1) is 19.5. The molecule has 2 aromatic carbocycles. The highest BCUT2D eigenvalue weighted by atomic mass is 19.4. The summed E-state index contributed by atoms with van der Waals surface area (Å²) in [5.74, 6) is 0. The molecule has 0 aliphatic heterocycles. The van der Waals surface area contributed by atoms with Gasteiger partial charge in [0.1, 0.15) is 5.65 Å². The zero-order valence-electron chi connectivity index (χ0n) is 15.9. The predicted molar refractivity (Wildman–Crippen MR) is 109 cm³/mol. The largest absolute Gasteiger partial charge is 0.416 e. The van der Waals surface area contributed by atoms with Gasteiger partial charge < -0.3 is 15.0 Å². The number of amides is 2. The van der Waals surface area contributed by atoms with Crippen LogP contribution in [0, 0.1) is 6.92 Å². The Morgan fingerprint density at radius 3 is 2.37 bits per heavy atom. The van der Waals surface area contributed by atoms with E-state index in [0.717, 1.165) is 34.6 Å². The number of alkyl halides is 3. The summed E-state index contributed by atoms with van der Waals surface area (Å²) in [6, 6.07) is 14.8. The molecule has 0 saturated heterocycles. The fourth-order valence-corrected chi connectivity index (χ4v) is 3.12. The molecule has 30 heavy (non-hydrogen) atoms. The lowest BCUT2D eigenvalue weighted by atomic mass is 10.1. The molecular weight excluding hydrogens is 393 g/mol. The van der Waals surface area contributed by atoms with E-state index in [0.29, 0.717) is 5.69 Å². The minimum absolute atomic E-state index is 0.0503. The molecule has 2 aromatic heterocycles. The lowest BCUT2D eigenvalue weighted by Crippen LogP contribution is -2.19. The van der Waals surface area contributed by atoms with E-state index >= 15 is 0 Å². The second kappa shape index (κ2) is 7.55. The summed E-state index contributed by atoms with van der Waals surface area (Å²) in [6.45, 7) is 1.97. The Morgan fingerprint density at radius 2 is 1.67 bits per heavy atom. The highest BCUT2D eigenvalue weighted by molar-refractivity contribution is 6.00. The van der Waals surface area contributed by atoms with E-state index in [1.165, 1.54) is 12.1 Å². The first-order valence-electron chi connectivity index (χ1n) is 9.10. The minimum atomic E-state index is -4.48. The van der Waals surface area contributed by atoms with E-state index in [4.69, 9.17) is 0 Å². The quantitative estimate of drug-likeness (QED) is 0.437. The number of benzene rings is 2. The standard InChI is InChI=1S/C22H17F3N4O/c1-14-5-4-10-29-13-19(28-20(14)29)15-6-2-8-17(11-15)26-21(30)27-18-9-3-7-16(12-18)22(23,24)25/h2-13H,1H3,(H2,26,27,30). The fourth-order valence-electron chi connectivity index (χ4n) is 3.12. The van der Waals surface area contributed by atoms with Crippen LogP contribution in [0.2, 0.25) is 0 Å². The summed E-state index contributed by atoms with van der Waals surface area (Å²) in [6.07, 6.45) is -0.678. The van der Waals surface area contributed by atoms with Gasteiger partial charge in [0.05, 0.1) is 11.3 Å². The molecule has 0 aliphatic carbocycles. The summed E-state index contributed by atoms with van der Waals surface area (Å²) >= 11 is 0. The van der Waals surface area contributed by atoms with Gasteiger partial charge in [-0.3, -0.25) is 0 Å². The van der Waals surface area contributed by atoms with Gasteiger partial charge in [0, 0.05) is 29.3 Å². The highest BCUT2D eigenvalue weighted by Gasteiger charge is 2.30. The Balaban J connectivity index is 1.52. The topological polar surface area (TPSA) is 58.4 Å². The number of carbonyl (C=O) groups is 1. The molecule has 2 amide bonds. The van der Waals surface area contributed by atoms with E-state index in [1.54, 1.807) is 18.2 Å². The molecule has 0 radical (unpaired) electrons. The molecule has 0 aliphatic rings. The van der Waals surface area contributed by atoms with E-state index in [-0.39, 0.29) is 5.69 Å². The van der Waals surface area contributed by atoms with E-state index in [9.17, 15) is 18.0 Å². The third-order valence-corrected chi connectivity index (χ3v) is 4.54. The van der Waals surface area contributed by atoms with Crippen LogP contribution in [-0.2, 0) is 6.18 Å². The van der Waals surface area contributed by atoms with Gasteiger partial charge in [-0.25, -0.2) is 9.78 Å². The van der Waals surface area contributed by atoms with Crippen molar-refractivity contribution in [2.75, 3.05) is 10.6 Å².